The normalized spacial score (nSPS) is 10.8. The van der Waals surface area contributed by atoms with Gasteiger partial charge < -0.3 is 10.1 Å². The zero-order valence-electron chi connectivity index (χ0n) is 15.5. The van der Waals surface area contributed by atoms with Gasteiger partial charge in [0.15, 0.2) is 10.9 Å². The number of carbonyl (C=O) groups is 2. The van der Waals surface area contributed by atoms with E-state index in [0.29, 0.717) is 16.4 Å². The molecule has 3 aromatic rings. The Kier molecular flexibility index (Phi) is 6.66. The molecule has 0 spiro atoms. The summed E-state index contributed by atoms with van der Waals surface area (Å²) in [5, 5.41) is 3.13. The van der Waals surface area contributed by atoms with Crippen LogP contribution in [0.4, 0.5) is 13.9 Å². The van der Waals surface area contributed by atoms with Crippen molar-refractivity contribution in [2.75, 3.05) is 5.32 Å². The number of aryl methyl sites for hydroxylation is 1. The molecule has 3 rings (SSSR count). The lowest BCUT2D eigenvalue weighted by Crippen LogP contribution is -2.13. The van der Waals surface area contributed by atoms with Crippen molar-refractivity contribution >= 4 is 28.2 Å². The van der Waals surface area contributed by atoms with Gasteiger partial charge in [-0.2, -0.15) is 8.78 Å². The van der Waals surface area contributed by atoms with E-state index in [4.69, 9.17) is 0 Å². The maximum absolute atomic E-state index is 12.2. The van der Waals surface area contributed by atoms with Crippen molar-refractivity contribution in [3.63, 3.8) is 0 Å². The second kappa shape index (κ2) is 9.38. The lowest BCUT2D eigenvalue weighted by Gasteiger charge is -2.05. The molecule has 1 heterocycles. The first-order chi connectivity index (χ1) is 13.9. The van der Waals surface area contributed by atoms with E-state index in [1.165, 1.54) is 23.5 Å². The van der Waals surface area contributed by atoms with Crippen LogP contribution in [0.2, 0.25) is 0 Å². The molecule has 1 aromatic heterocycles. The molecule has 1 amide bonds. The number of anilines is 1. The third-order valence-corrected chi connectivity index (χ3v) is 4.96. The Morgan fingerprint density at radius 3 is 2.41 bits per heavy atom. The molecular weight excluding hydrogens is 398 g/mol. The average Bonchev–Trinajstić information content (AvgIpc) is 3.07. The SMILES string of the molecule is Cc1sc(NC(=O)CCC(=O)c2ccccc2)nc1-c1ccc(OC(F)F)cc1. The molecule has 150 valence electrons. The predicted molar refractivity (Wildman–Crippen MR) is 108 cm³/mol. The third kappa shape index (κ3) is 5.68. The molecule has 29 heavy (non-hydrogen) atoms. The van der Waals surface area contributed by atoms with Gasteiger partial charge in [0.25, 0.3) is 0 Å². The number of ether oxygens (including phenoxy) is 1. The summed E-state index contributed by atoms with van der Waals surface area (Å²) in [6, 6.07) is 14.9. The van der Waals surface area contributed by atoms with Gasteiger partial charge in [-0.3, -0.25) is 9.59 Å². The zero-order chi connectivity index (χ0) is 20.8. The molecule has 1 N–H and O–H groups in total. The van der Waals surface area contributed by atoms with E-state index < -0.39 is 6.61 Å². The fourth-order valence-electron chi connectivity index (χ4n) is 2.69. The molecule has 0 atom stereocenters. The van der Waals surface area contributed by atoms with Crippen LogP contribution >= 0.6 is 11.3 Å². The van der Waals surface area contributed by atoms with E-state index in [0.717, 1.165) is 10.4 Å². The Balaban J connectivity index is 1.59. The van der Waals surface area contributed by atoms with Crippen molar-refractivity contribution in [2.45, 2.75) is 26.4 Å². The topological polar surface area (TPSA) is 68.3 Å². The van der Waals surface area contributed by atoms with Crippen LogP contribution in [0.5, 0.6) is 5.75 Å². The second-order valence-electron chi connectivity index (χ2n) is 6.16. The molecule has 2 aromatic carbocycles. The largest absolute Gasteiger partial charge is 0.435 e. The summed E-state index contributed by atoms with van der Waals surface area (Å²) in [5.74, 6) is -0.327. The molecule has 0 aliphatic rings. The molecule has 0 saturated carbocycles. The lowest BCUT2D eigenvalue weighted by molar-refractivity contribution is -0.116. The summed E-state index contributed by atoms with van der Waals surface area (Å²) in [4.78, 5) is 29.5. The fraction of sp³-hybridized carbons (Fsp3) is 0.190. The summed E-state index contributed by atoms with van der Waals surface area (Å²) < 4.78 is 28.8. The van der Waals surface area contributed by atoms with Gasteiger partial charge in [0, 0.05) is 28.8 Å². The lowest BCUT2D eigenvalue weighted by atomic mass is 10.1. The number of hydrogen-bond acceptors (Lipinski definition) is 5. The molecule has 0 aliphatic carbocycles. The summed E-state index contributed by atoms with van der Waals surface area (Å²) >= 11 is 1.30. The molecular formula is C21H18F2N2O3S. The molecule has 8 heteroatoms. The zero-order valence-corrected chi connectivity index (χ0v) is 16.3. The minimum absolute atomic E-state index is 0.0569. The number of hydrogen-bond donors (Lipinski definition) is 1. The van der Waals surface area contributed by atoms with Gasteiger partial charge in [0.2, 0.25) is 5.91 Å². The molecule has 0 saturated heterocycles. The number of aromatic nitrogens is 1. The van der Waals surface area contributed by atoms with Crippen LogP contribution in [0, 0.1) is 6.92 Å². The first-order valence-electron chi connectivity index (χ1n) is 8.83. The summed E-state index contributed by atoms with van der Waals surface area (Å²) in [7, 11) is 0. The Bertz CT molecular complexity index is 989. The number of thiazole rings is 1. The van der Waals surface area contributed by atoms with Gasteiger partial charge in [-0.05, 0) is 31.2 Å². The van der Waals surface area contributed by atoms with E-state index in [1.807, 2.05) is 13.0 Å². The van der Waals surface area contributed by atoms with Crippen molar-refractivity contribution in [1.82, 2.24) is 4.98 Å². The summed E-state index contributed by atoms with van der Waals surface area (Å²) in [5.41, 5.74) is 1.95. The van der Waals surface area contributed by atoms with Gasteiger partial charge in [-0.25, -0.2) is 4.98 Å². The Hall–Kier alpha value is -3.13. The number of benzene rings is 2. The number of ketones is 1. The smallest absolute Gasteiger partial charge is 0.387 e. The standard InChI is InChI=1S/C21H18F2N2O3S/c1-13-19(15-7-9-16(10-8-15)28-20(22)23)25-21(29-13)24-18(27)12-11-17(26)14-5-3-2-4-6-14/h2-10,20H,11-12H2,1H3,(H,24,25,27). The van der Waals surface area contributed by atoms with E-state index in [-0.39, 0.29) is 30.3 Å². The van der Waals surface area contributed by atoms with Gasteiger partial charge in [0.1, 0.15) is 5.75 Å². The number of carbonyl (C=O) groups excluding carboxylic acids is 2. The van der Waals surface area contributed by atoms with E-state index >= 15 is 0 Å². The van der Waals surface area contributed by atoms with Gasteiger partial charge >= 0.3 is 6.61 Å². The highest BCUT2D eigenvalue weighted by atomic mass is 32.1. The highest BCUT2D eigenvalue weighted by Crippen LogP contribution is 2.31. The highest BCUT2D eigenvalue weighted by Gasteiger charge is 2.14. The van der Waals surface area contributed by atoms with Gasteiger partial charge in [-0.1, -0.05) is 30.3 Å². The molecule has 0 fully saturated rings. The summed E-state index contributed by atoms with van der Waals surface area (Å²) in [6.45, 7) is -1.03. The van der Waals surface area contributed by atoms with Crippen LogP contribution in [-0.2, 0) is 4.79 Å². The minimum Gasteiger partial charge on any atom is -0.435 e. The van der Waals surface area contributed by atoms with Crippen LogP contribution < -0.4 is 10.1 Å². The molecule has 0 unspecified atom stereocenters. The number of nitrogens with one attached hydrogen (secondary N) is 1. The number of alkyl halides is 2. The average molecular weight is 416 g/mol. The van der Waals surface area contributed by atoms with Crippen LogP contribution in [0.3, 0.4) is 0 Å². The minimum atomic E-state index is -2.88. The van der Waals surface area contributed by atoms with Crippen molar-refractivity contribution in [2.24, 2.45) is 0 Å². The Labute approximate surface area is 170 Å². The molecule has 0 radical (unpaired) electrons. The third-order valence-electron chi connectivity index (χ3n) is 4.07. The first-order valence-corrected chi connectivity index (χ1v) is 9.65. The number of amides is 1. The van der Waals surface area contributed by atoms with Crippen LogP contribution in [0.15, 0.2) is 54.6 Å². The first kappa shape index (κ1) is 20.6. The number of halogens is 2. The number of rotatable bonds is 8. The van der Waals surface area contributed by atoms with E-state index in [1.54, 1.807) is 36.4 Å². The van der Waals surface area contributed by atoms with Crippen LogP contribution in [-0.4, -0.2) is 23.3 Å². The van der Waals surface area contributed by atoms with Gasteiger partial charge in [0.05, 0.1) is 5.69 Å². The highest BCUT2D eigenvalue weighted by molar-refractivity contribution is 7.16. The van der Waals surface area contributed by atoms with Crippen molar-refractivity contribution in [3.05, 3.63) is 65.0 Å². The maximum atomic E-state index is 12.2. The Morgan fingerprint density at radius 1 is 1.07 bits per heavy atom. The molecule has 0 bridgehead atoms. The number of nitrogens with zero attached hydrogens (tertiary/aromatic N) is 1. The molecule has 0 aliphatic heterocycles. The fourth-order valence-corrected chi connectivity index (χ4v) is 3.54. The maximum Gasteiger partial charge on any atom is 0.387 e. The van der Waals surface area contributed by atoms with Crippen molar-refractivity contribution in [1.29, 1.82) is 0 Å². The Morgan fingerprint density at radius 2 is 1.76 bits per heavy atom. The number of Topliss-reactive ketones (excluding diaryl/α,β-unsaturated/α-hetero) is 1. The monoisotopic (exact) mass is 416 g/mol. The van der Waals surface area contributed by atoms with Crippen LogP contribution in [0.25, 0.3) is 11.3 Å². The van der Waals surface area contributed by atoms with Crippen LogP contribution in [0.1, 0.15) is 28.1 Å². The van der Waals surface area contributed by atoms with E-state index in [9.17, 15) is 18.4 Å². The molecule has 5 nitrogen and oxygen atoms in total. The predicted octanol–water partition coefficient (Wildman–Crippen LogP) is 5.32. The quantitative estimate of drug-likeness (QED) is 0.505. The van der Waals surface area contributed by atoms with Crippen molar-refractivity contribution in [3.8, 4) is 17.0 Å². The second-order valence-corrected chi connectivity index (χ2v) is 7.37. The van der Waals surface area contributed by atoms with Crippen molar-refractivity contribution < 1.29 is 23.1 Å². The van der Waals surface area contributed by atoms with Gasteiger partial charge in [-0.15, -0.1) is 11.3 Å². The van der Waals surface area contributed by atoms with E-state index in [2.05, 4.69) is 15.0 Å². The summed E-state index contributed by atoms with van der Waals surface area (Å²) in [6.07, 6.45) is 0.167.